The van der Waals surface area contributed by atoms with Crippen molar-refractivity contribution in [2.75, 3.05) is 26.7 Å². The van der Waals surface area contributed by atoms with Gasteiger partial charge in [0.05, 0.1) is 6.04 Å². The summed E-state index contributed by atoms with van der Waals surface area (Å²) < 4.78 is 5.44. The molecule has 2 rings (SSSR count). The second kappa shape index (κ2) is 7.00. The number of benzene rings is 1. The molecule has 126 valence electrons. The van der Waals surface area contributed by atoms with Crippen molar-refractivity contribution in [3.05, 3.63) is 35.4 Å². The summed E-state index contributed by atoms with van der Waals surface area (Å²) in [6, 6.07) is 7.43. The number of hydrogen-bond donors (Lipinski definition) is 2. The second-order valence-corrected chi connectivity index (χ2v) is 6.64. The van der Waals surface area contributed by atoms with Crippen LogP contribution in [0.5, 0.6) is 0 Å². The lowest BCUT2D eigenvalue weighted by molar-refractivity contribution is 0.0195. The average molecular weight is 319 g/mol. The second-order valence-electron chi connectivity index (χ2n) is 6.64. The Labute approximate surface area is 137 Å². The smallest absolute Gasteiger partial charge is 0.410 e. The summed E-state index contributed by atoms with van der Waals surface area (Å²) in [6.07, 6.45) is -0.300. The Morgan fingerprint density at radius 1 is 1.35 bits per heavy atom. The summed E-state index contributed by atoms with van der Waals surface area (Å²) >= 11 is 0. The number of carbonyl (C=O) groups excluding carboxylic acids is 2. The van der Waals surface area contributed by atoms with Crippen LogP contribution in [0, 0.1) is 0 Å². The van der Waals surface area contributed by atoms with E-state index in [0.717, 1.165) is 5.56 Å². The topological polar surface area (TPSA) is 70.7 Å². The van der Waals surface area contributed by atoms with Gasteiger partial charge >= 0.3 is 6.09 Å². The fourth-order valence-electron chi connectivity index (χ4n) is 2.51. The number of carbonyl (C=O) groups is 2. The van der Waals surface area contributed by atoms with Gasteiger partial charge < -0.3 is 20.3 Å². The van der Waals surface area contributed by atoms with Gasteiger partial charge in [-0.15, -0.1) is 0 Å². The Morgan fingerprint density at radius 3 is 2.74 bits per heavy atom. The van der Waals surface area contributed by atoms with Crippen molar-refractivity contribution < 1.29 is 14.3 Å². The number of nitrogens with one attached hydrogen (secondary N) is 2. The number of nitrogens with zero attached hydrogens (tertiary/aromatic N) is 1. The van der Waals surface area contributed by atoms with Gasteiger partial charge in [-0.25, -0.2) is 4.79 Å². The first-order valence-corrected chi connectivity index (χ1v) is 7.83. The summed E-state index contributed by atoms with van der Waals surface area (Å²) in [6.45, 7) is 7.40. The van der Waals surface area contributed by atoms with Crippen molar-refractivity contribution in [2.24, 2.45) is 0 Å². The van der Waals surface area contributed by atoms with E-state index in [2.05, 4.69) is 10.6 Å². The zero-order valence-electron chi connectivity index (χ0n) is 14.2. The van der Waals surface area contributed by atoms with Crippen LogP contribution in [0.3, 0.4) is 0 Å². The van der Waals surface area contributed by atoms with Crippen molar-refractivity contribution in [1.29, 1.82) is 0 Å². The number of hydrogen-bond acceptors (Lipinski definition) is 4. The minimum atomic E-state index is -0.503. The average Bonchev–Trinajstić information content (AvgIpc) is 2.53. The summed E-state index contributed by atoms with van der Waals surface area (Å²) in [4.78, 5) is 25.7. The molecule has 2 amide bonds. The molecule has 1 unspecified atom stereocenters. The zero-order valence-corrected chi connectivity index (χ0v) is 14.2. The fourth-order valence-corrected chi connectivity index (χ4v) is 2.51. The highest BCUT2D eigenvalue weighted by molar-refractivity contribution is 5.94. The van der Waals surface area contributed by atoms with E-state index >= 15 is 0 Å². The highest BCUT2D eigenvalue weighted by Gasteiger charge is 2.28. The number of piperazine rings is 1. The molecule has 1 saturated heterocycles. The molecule has 1 aromatic rings. The number of rotatable bonds is 2. The fraction of sp³-hybridized carbons (Fsp3) is 0.529. The molecule has 0 aliphatic carbocycles. The highest BCUT2D eigenvalue weighted by Crippen LogP contribution is 2.20. The first kappa shape index (κ1) is 17.3. The van der Waals surface area contributed by atoms with E-state index in [1.54, 1.807) is 18.0 Å². The van der Waals surface area contributed by atoms with E-state index in [1.165, 1.54) is 0 Å². The van der Waals surface area contributed by atoms with Gasteiger partial charge in [0.1, 0.15) is 5.60 Å². The summed E-state index contributed by atoms with van der Waals surface area (Å²) in [7, 11) is 1.61. The van der Waals surface area contributed by atoms with Crippen molar-refractivity contribution in [3.63, 3.8) is 0 Å². The van der Waals surface area contributed by atoms with E-state index in [9.17, 15) is 9.59 Å². The first-order valence-electron chi connectivity index (χ1n) is 7.83. The third-order valence-corrected chi connectivity index (χ3v) is 3.61. The molecule has 0 saturated carbocycles. The van der Waals surface area contributed by atoms with E-state index in [4.69, 9.17) is 4.74 Å². The molecule has 1 aromatic carbocycles. The van der Waals surface area contributed by atoms with Crippen LogP contribution in [0.4, 0.5) is 4.79 Å². The lowest BCUT2D eigenvalue weighted by atomic mass is 10.0. The van der Waals surface area contributed by atoms with Crippen LogP contribution in [-0.2, 0) is 4.74 Å². The molecule has 2 N–H and O–H groups in total. The minimum Gasteiger partial charge on any atom is -0.444 e. The van der Waals surface area contributed by atoms with Gasteiger partial charge in [0.15, 0.2) is 0 Å². The van der Waals surface area contributed by atoms with Gasteiger partial charge in [-0.2, -0.15) is 0 Å². The van der Waals surface area contributed by atoms with Crippen LogP contribution in [0.2, 0.25) is 0 Å². The molecule has 1 aliphatic rings. The molecule has 1 heterocycles. The van der Waals surface area contributed by atoms with E-state index in [0.29, 0.717) is 25.2 Å². The molecule has 0 bridgehead atoms. The number of amides is 2. The van der Waals surface area contributed by atoms with Gasteiger partial charge in [0.2, 0.25) is 0 Å². The summed E-state index contributed by atoms with van der Waals surface area (Å²) in [5.41, 5.74) is 1.09. The molecular formula is C17H25N3O3. The molecule has 6 heteroatoms. The van der Waals surface area contributed by atoms with Crippen molar-refractivity contribution >= 4 is 12.0 Å². The van der Waals surface area contributed by atoms with Crippen molar-refractivity contribution in [2.45, 2.75) is 32.4 Å². The van der Waals surface area contributed by atoms with E-state index in [-0.39, 0.29) is 18.0 Å². The zero-order chi connectivity index (χ0) is 17.0. The maximum Gasteiger partial charge on any atom is 0.410 e. The lowest BCUT2D eigenvalue weighted by Crippen LogP contribution is -2.49. The van der Waals surface area contributed by atoms with Crippen LogP contribution in [-0.4, -0.2) is 49.2 Å². The van der Waals surface area contributed by atoms with Gasteiger partial charge in [-0.1, -0.05) is 12.1 Å². The van der Waals surface area contributed by atoms with Crippen LogP contribution in [0.25, 0.3) is 0 Å². The van der Waals surface area contributed by atoms with Crippen LogP contribution >= 0.6 is 0 Å². The van der Waals surface area contributed by atoms with Gasteiger partial charge in [-0.3, -0.25) is 4.79 Å². The third-order valence-electron chi connectivity index (χ3n) is 3.61. The van der Waals surface area contributed by atoms with Crippen molar-refractivity contribution in [1.82, 2.24) is 15.5 Å². The Bertz CT molecular complexity index is 581. The quantitative estimate of drug-likeness (QED) is 0.874. The molecule has 0 radical (unpaired) electrons. The summed E-state index contributed by atoms with van der Waals surface area (Å²) in [5, 5.41) is 6.01. The predicted molar refractivity (Wildman–Crippen MR) is 88.4 cm³/mol. The number of ether oxygens (including phenoxy) is 1. The standard InChI is InChI=1S/C17H25N3O3/c1-17(2,3)23-16(22)20-9-8-19-14(11-20)12-6-5-7-13(10-12)15(21)18-4/h5-7,10,14,19H,8-9,11H2,1-4H3,(H,18,21). The first-order chi connectivity index (χ1) is 10.8. The predicted octanol–water partition coefficient (Wildman–Crippen LogP) is 1.93. The van der Waals surface area contributed by atoms with Crippen LogP contribution < -0.4 is 10.6 Å². The molecule has 1 atom stereocenters. The van der Waals surface area contributed by atoms with Crippen LogP contribution in [0.15, 0.2) is 24.3 Å². The molecule has 6 nitrogen and oxygen atoms in total. The van der Waals surface area contributed by atoms with Gasteiger partial charge in [0, 0.05) is 32.2 Å². The molecular weight excluding hydrogens is 294 g/mol. The molecule has 23 heavy (non-hydrogen) atoms. The lowest BCUT2D eigenvalue weighted by Gasteiger charge is -2.35. The molecule has 0 spiro atoms. The Kier molecular flexibility index (Phi) is 5.26. The SMILES string of the molecule is CNC(=O)c1cccc(C2CN(C(=O)OC(C)(C)C)CCN2)c1. The molecule has 1 fully saturated rings. The normalized spacial score (nSPS) is 18.4. The Hall–Kier alpha value is -2.08. The van der Waals surface area contributed by atoms with Gasteiger partial charge in [-0.05, 0) is 38.5 Å². The maximum absolute atomic E-state index is 12.2. The third kappa shape index (κ3) is 4.69. The van der Waals surface area contributed by atoms with Crippen molar-refractivity contribution in [3.8, 4) is 0 Å². The molecule has 1 aliphatic heterocycles. The molecule has 0 aromatic heterocycles. The summed E-state index contributed by atoms with van der Waals surface area (Å²) in [5.74, 6) is -0.119. The monoisotopic (exact) mass is 319 g/mol. The highest BCUT2D eigenvalue weighted by atomic mass is 16.6. The van der Waals surface area contributed by atoms with Crippen LogP contribution in [0.1, 0.15) is 42.7 Å². The largest absolute Gasteiger partial charge is 0.444 e. The minimum absolute atomic E-state index is 0.0131. The Balaban J connectivity index is 2.09. The van der Waals surface area contributed by atoms with Gasteiger partial charge in [0.25, 0.3) is 5.91 Å². The maximum atomic E-state index is 12.2. The van der Waals surface area contributed by atoms with E-state index < -0.39 is 5.60 Å². The van der Waals surface area contributed by atoms with E-state index in [1.807, 2.05) is 39.0 Å². The Morgan fingerprint density at radius 2 is 2.09 bits per heavy atom.